The van der Waals surface area contributed by atoms with Crippen LogP contribution in [0.2, 0.25) is 10.0 Å². The molecule has 26 heavy (non-hydrogen) atoms. The Labute approximate surface area is 169 Å². The van der Waals surface area contributed by atoms with Crippen molar-refractivity contribution in [3.05, 3.63) is 73.1 Å². The van der Waals surface area contributed by atoms with Gasteiger partial charge in [0, 0.05) is 11.1 Å². The monoisotopic (exact) mass is 424 g/mol. The van der Waals surface area contributed by atoms with Crippen LogP contribution >= 0.6 is 46.8 Å². The highest BCUT2D eigenvalue weighted by molar-refractivity contribution is 7.73. The van der Waals surface area contributed by atoms with Crippen molar-refractivity contribution in [2.45, 2.75) is 13.3 Å². The molecule has 8 heteroatoms. The highest BCUT2D eigenvalue weighted by Crippen LogP contribution is 2.33. The summed E-state index contributed by atoms with van der Waals surface area (Å²) >= 11 is 18.9. The van der Waals surface area contributed by atoms with Crippen molar-refractivity contribution in [3.8, 4) is 0 Å². The van der Waals surface area contributed by atoms with E-state index >= 15 is 0 Å². The van der Waals surface area contributed by atoms with Crippen molar-refractivity contribution in [3.63, 3.8) is 0 Å². The number of para-hydroxylation sites is 2. The summed E-state index contributed by atoms with van der Waals surface area (Å²) in [6.07, 6.45) is 0.0717. The number of anilines is 2. The Balaban J connectivity index is 1.81. The van der Waals surface area contributed by atoms with E-state index in [9.17, 15) is 4.79 Å². The summed E-state index contributed by atoms with van der Waals surface area (Å²) in [7, 11) is 0. The van der Waals surface area contributed by atoms with E-state index in [1.54, 1.807) is 18.2 Å². The third-order valence-corrected chi connectivity index (χ3v) is 5.50. The van der Waals surface area contributed by atoms with Crippen LogP contribution in [0.3, 0.4) is 0 Å². The normalized spacial score (nSPS) is 10.6. The van der Waals surface area contributed by atoms with Crippen LogP contribution in [0.25, 0.3) is 0 Å². The predicted octanol–water partition coefficient (Wildman–Crippen LogP) is 5.84. The molecule has 0 bridgehead atoms. The first-order valence-corrected chi connectivity index (χ1v) is 9.67. The zero-order valence-electron chi connectivity index (χ0n) is 13.7. The molecule has 3 rings (SSSR count). The molecule has 0 aliphatic rings. The number of aryl methyl sites for hydroxylation is 1. The van der Waals surface area contributed by atoms with Gasteiger partial charge in [-0.15, -0.1) is 11.3 Å². The van der Waals surface area contributed by atoms with E-state index in [0.717, 1.165) is 16.9 Å². The average molecular weight is 425 g/mol. The lowest BCUT2D eigenvalue weighted by Crippen LogP contribution is -2.22. The van der Waals surface area contributed by atoms with Crippen LogP contribution in [0.1, 0.15) is 11.3 Å². The summed E-state index contributed by atoms with van der Waals surface area (Å²) in [5.41, 5.74) is 2.85. The van der Waals surface area contributed by atoms with Gasteiger partial charge in [0.25, 0.3) is 0 Å². The topological polar surface area (TPSA) is 43.3 Å². The number of nitrogens with one attached hydrogen (secondary N) is 1. The average Bonchev–Trinajstić information content (AvgIpc) is 2.91. The Morgan fingerprint density at radius 3 is 2.54 bits per heavy atom. The van der Waals surface area contributed by atoms with Gasteiger partial charge >= 0.3 is 5.97 Å². The molecule has 0 aliphatic heterocycles. The summed E-state index contributed by atoms with van der Waals surface area (Å²) < 4.78 is 1.86. The van der Waals surface area contributed by atoms with Gasteiger partial charge in [0.15, 0.2) is 3.95 Å². The lowest BCUT2D eigenvalue weighted by molar-refractivity contribution is -0.143. The number of nitrogens with zero attached hydrogens (tertiary/aromatic N) is 1. The second kappa shape index (κ2) is 8.22. The molecule has 0 radical (unpaired) electrons. The van der Waals surface area contributed by atoms with E-state index < -0.39 is 5.97 Å². The zero-order valence-corrected chi connectivity index (χ0v) is 16.8. The minimum absolute atomic E-state index is 0.0717. The fraction of sp³-hybridized carbons (Fsp3) is 0.111. The molecule has 1 N–H and O–H groups in total. The SMILES string of the molecule is Cc1csc(=S)n1OC(=O)Cc1ccccc1Nc1c(Cl)cccc1Cl. The maximum atomic E-state index is 12.4. The van der Waals surface area contributed by atoms with Crippen LogP contribution in [0, 0.1) is 10.9 Å². The van der Waals surface area contributed by atoms with Crippen LogP contribution in [0.15, 0.2) is 47.8 Å². The third-order valence-electron chi connectivity index (χ3n) is 3.58. The van der Waals surface area contributed by atoms with Gasteiger partial charge in [-0.25, -0.2) is 4.79 Å². The molecule has 0 spiro atoms. The van der Waals surface area contributed by atoms with Gasteiger partial charge in [0.1, 0.15) is 0 Å². The number of carbonyl (C=O) groups excluding carboxylic acids is 1. The number of halogens is 2. The maximum Gasteiger partial charge on any atom is 0.337 e. The van der Waals surface area contributed by atoms with Crippen LogP contribution < -0.4 is 10.2 Å². The van der Waals surface area contributed by atoms with Crippen molar-refractivity contribution in [2.24, 2.45) is 0 Å². The Morgan fingerprint density at radius 1 is 1.19 bits per heavy atom. The molecule has 0 unspecified atom stereocenters. The van der Waals surface area contributed by atoms with E-state index in [-0.39, 0.29) is 6.42 Å². The number of hydrogen-bond donors (Lipinski definition) is 1. The Bertz CT molecular complexity index is 994. The zero-order chi connectivity index (χ0) is 18.7. The summed E-state index contributed by atoms with van der Waals surface area (Å²) in [6.45, 7) is 1.83. The number of hydrogen-bond acceptors (Lipinski definition) is 5. The maximum absolute atomic E-state index is 12.4. The largest absolute Gasteiger partial charge is 0.353 e. The minimum atomic E-state index is -0.415. The second-order valence-electron chi connectivity index (χ2n) is 5.46. The van der Waals surface area contributed by atoms with Crippen LogP contribution in [-0.2, 0) is 11.2 Å². The standard InChI is InChI=1S/C18H14Cl2N2O2S2/c1-11-10-26-18(25)22(11)24-16(23)9-12-5-2-3-8-15(12)21-17-13(19)6-4-7-14(17)20/h2-8,10,21H,9H2,1H3. The highest BCUT2D eigenvalue weighted by Gasteiger charge is 2.14. The van der Waals surface area contributed by atoms with E-state index in [2.05, 4.69) is 5.32 Å². The quantitative estimate of drug-likeness (QED) is 0.522. The van der Waals surface area contributed by atoms with E-state index in [1.807, 2.05) is 36.6 Å². The van der Waals surface area contributed by atoms with Gasteiger partial charge in [-0.3, -0.25) is 0 Å². The Kier molecular flexibility index (Phi) is 5.98. The van der Waals surface area contributed by atoms with Gasteiger partial charge < -0.3 is 10.2 Å². The Hall–Kier alpha value is -1.86. The summed E-state index contributed by atoms with van der Waals surface area (Å²) in [4.78, 5) is 17.7. The molecule has 4 nitrogen and oxygen atoms in total. The molecule has 134 valence electrons. The van der Waals surface area contributed by atoms with Crippen LogP contribution in [0.4, 0.5) is 11.4 Å². The summed E-state index contributed by atoms with van der Waals surface area (Å²) in [5, 5.41) is 6.03. The second-order valence-corrected chi connectivity index (χ2v) is 7.77. The number of thiazole rings is 1. The van der Waals surface area contributed by atoms with Crippen molar-refractivity contribution in [1.82, 2.24) is 4.73 Å². The molecule has 0 atom stereocenters. The number of rotatable bonds is 5. The smallest absolute Gasteiger partial charge is 0.337 e. The fourth-order valence-electron chi connectivity index (χ4n) is 2.32. The van der Waals surface area contributed by atoms with E-state index in [4.69, 9.17) is 40.3 Å². The number of carbonyl (C=O) groups is 1. The first-order valence-electron chi connectivity index (χ1n) is 7.63. The molecule has 1 aromatic heterocycles. The van der Waals surface area contributed by atoms with Gasteiger partial charge in [-0.2, -0.15) is 4.73 Å². The van der Waals surface area contributed by atoms with E-state index in [0.29, 0.717) is 19.7 Å². The molecule has 0 saturated heterocycles. The number of benzene rings is 2. The van der Waals surface area contributed by atoms with Gasteiger partial charge in [0.2, 0.25) is 0 Å². The van der Waals surface area contributed by atoms with Crippen LogP contribution in [0.5, 0.6) is 0 Å². The minimum Gasteiger partial charge on any atom is -0.353 e. The van der Waals surface area contributed by atoms with Gasteiger partial charge in [-0.05, 0) is 42.9 Å². The molecule has 2 aromatic carbocycles. The van der Waals surface area contributed by atoms with Crippen molar-refractivity contribution in [1.29, 1.82) is 0 Å². The van der Waals surface area contributed by atoms with Gasteiger partial charge in [0.05, 0.1) is 27.8 Å². The number of aromatic nitrogens is 1. The molecule has 0 aliphatic carbocycles. The molecule has 0 fully saturated rings. The highest BCUT2D eigenvalue weighted by atomic mass is 35.5. The molecule has 3 aromatic rings. The predicted molar refractivity (Wildman–Crippen MR) is 109 cm³/mol. The van der Waals surface area contributed by atoms with Gasteiger partial charge in [-0.1, -0.05) is 47.5 Å². The van der Waals surface area contributed by atoms with E-state index in [1.165, 1.54) is 16.1 Å². The van der Waals surface area contributed by atoms with Crippen LogP contribution in [-0.4, -0.2) is 10.7 Å². The first kappa shape index (κ1) is 18.9. The lowest BCUT2D eigenvalue weighted by atomic mass is 10.1. The molecule has 1 heterocycles. The summed E-state index contributed by atoms with van der Waals surface area (Å²) in [5.74, 6) is -0.415. The Morgan fingerprint density at radius 2 is 1.88 bits per heavy atom. The van der Waals surface area contributed by atoms with Crippen molar-refractivity contribution in [2.75, 3.05) is 5.32 Å². The summed E-state index contributed by atoms with van der Waals surface area (Å²) in [6, 6.07) is 12.7. The fourth-order valence-corrected chi connectivity index (χ4v) is 3.78. The van der Waals surface area contributed by atoms with Crippen molar-refractivity contribution < 1.29 is 9.63 Å². The van der Waals surface area contributed by atoms with Crippen molar-refractivity contribution >= 4 is 64.1 Å². The molecular weight excluding hydrogens is 411 g/mol. The first-order chi connectivity index (χ1) is 12.5. The molecule has 0 saturated carbocycles. The molecular formula is C18H14Cl2N2O2S2. The third kappa shape index (κ3) is 4.27. The lowest BCUT2D eigenvalue weighted by Gasteiger charge is -2.14. The molecule has 0 amide bonds.